The fraction of sp³-hybridized carbons (Fsp3) is 0.100. The first-order valence-electron chi connectivity index (χ1n) is 7.83. The molecule has 1 aromatic heterocycles. The number of hydrogen-bond acceptors (Lipinski definition) is 3. The minimum absolute atomic E-state index is 0.0737. The number of allylic oxidation sites excluding steroid dienone is 1. The molecule has 2 aromatic carbocycles. The predicted octanol–water partition coefficient (Wildman–Crippen LogP) is 4.63. The lowest BCUT2D eigenvalue weighted by Crippen LogP contribution is -2.09. The maximum Gasteiger partial charge on any atom is 0.335 e. The molecule has 4 rings (SSSR count). The average molecular weight is 353 g/mol. The molecular weight excluding hydrogens is 340 g/mol. The van der Waals surface area contributed by atoms with Gasteiger partial charge in [-0.05, 0) is 54.3 Å². The van der Waals surface area contributed by atoms with Gasteiger partial charge in [0, 0.05) is 10.6 Å². The summed E-state index contributed by atoms with van der Waals surface area (Å²) in [6.45, 7) is 0. The molecule has 124 valence electrons. The van der Waals surface area contributed by atoms with Crippen LogP contribution < -0.4 is 5.43 Å². The van der Waals surface area contributed by atoms with Crippen LogP contribution >= 0.6 is 11.6 Å². The lowest BCUT2D eigenvalue weighted by atomic mass is 10.1. The van der Waals surface area contributed by atoms with Gasteiger partial charge in [0.1, 0.15) is 11.3 Å². The Hall–Kier alpha value is -2.85. The quantitative estimate of drug-likeness (QED) is 0.730. The zero-order valence-electron chi connectivity index (χ0n) is 13.1. The van der Waals surface area contributed by atoms with E-state index in [1.54, 1.807) is 0 Å². The summed E-state index contributed by atoms with van der Waals surface area (Å²) >= 11 is 6.21. The Morgan fingerprint density at radius 1 is 1.16 bits per heavy atom. The second-order valence-electron chi connectivity index (χ2n) is 5.95. The summed E-state index contributed by atoms with van der Waals surface area (Å²) in [5.74, 6) is -0.499. The third kappa shape index (κ3) is 2.65. The molecule has 0 unspecified atom stereocenters. The van der Waals surface area contributed by atoms with E-state index in [-0.39, 0.29) is 11.0 Å². The van der Waals surface area contributed by atoms with Gasteiger partial charge in [0.2, 0.25) is 0 Å². The second-order valence-corrected chi connectivity index (χ2v) is 6.35. The zero-order chi connectivity index (χ0) is 17.6. The van der Waals surface area contributed by atoms with Crippen molar-refractivity contribution in [1.82, 2.24) is 0 Å². The van der Waals surface area contributed by atoms with Crippen LogP contribution in [0.3, 0.4) is 0 Å². The maximum atomic E-state index is 12.8. The molecule has 1 aliphatic rings. The number of carbonyl (C=O) groups is 1. The van der Waals surface area contributed by atoms with Crippen molar-refractivity contribution in [3.63, 3.8) is 0 Å². The van der Waals surface area contributed by atoms with Gasteiger partial charge < -0.3 is 9.52 Å². The van der Waals surface area contributed by atoms with Gasteiger partial charge >= 0.3 is 5.97 Å². The van der Waals surface area contributed by atoms with E-state index in [4.69, 9.17) is 21.1 Å². The van der Waals surface area contributed by atoms with Gasteiger partial charge in [-0.25, -0.2) is 4.79 Å². The van der Waals surface area contributed by atoms with Gasteiger partial charge in [-0.3, -0.25) is 4.79 Å². The summed E-state index contributed by atoms with van der Waals surface area (Å²) in [5.41, 5.74) is 2.68. The van der Waals surface area contributed by atoms with E-state index < -0.39 is 5.97 Å². The van der Waals surface area contributed by atoms with Crippen molar-refractivity contribution in [3.05, 3.63) is 80.2 Å². The smallest absolute Gasteiger partial charge is 0.335 e. The van der Waals surface area contributed by atoms with E-state index in [1.165, 1.54) is 18.2 Å². The molecule has 5 heteroatoms. The Balaban J connectivity index is 1.90. The summed E-state index contributed by atoms with van der Waals surface area (Å²) in [5, 5.41) is 10.0. The maximum absolute atomic E-state index is 12.8. The number of carboxylic acids is 1. The van der Waals surface area contributed by atoms with Gasteiger partial charge in [-0.2, -0.15) is 0 Å². The average Bonchev–Trinajstić information content (AvgIpc) is 3.00. The van der Waals surface area contributed by atoms with E-state index in [0.717, 1.165) is 11.1 Å². The van der Waals surface area contributed by atoms with Crippen molar-refractivity contribution in [2.24, 2.45) is 0 Å². The van der Waals surface area contributed by atoms with Crippen molar-refractivity contribution in [1.29, 1.82) is 0 Å². The number of fused-ring (bicyclic) bond motifs is 2. The topological polar surface area (TPSA) is 67.5 Å². The highest BCUT2D eigenvalue weighted by Crippen LogP contribution is 2.35. The molecule has 0 aliphatic heterocycles. The van der Waals surface area contributed by atoms with Crippen LogP contribution in [0.4, 0.5) is 0 Å². The molecule has 0 atom stereocenters. The SMILES string of the molecule is O=C(O)c1ccc2oc3c(c(=O)c2c1)CC/C3=C\c1ccccc1Cl. The fourth-order valence-electron chi connectivity index (χ4n) is 3.14. The Bertz CT molecular complexity index is 1110. The van der Waals surface area contributed by atoms with Crippen molar-refractivity contribution >= 4 is 40.2 Å². The van der Waals surface area contributed by atoms with Crippen LogP contribution in [0.1, 0.15) is 33.7 Å². The number of hydrogen-bond donors (Lipinski definition) is 1. The molecule has 1 aliphatic carbocycles. The third-order valence-electron chi connectivity index (χ3n) is 4.40. The van der Waals surface area contributed by atoms with E-state index in [9.17, 15) is 9.59 Å². The first-order valence-corrected chi connectivity index (χ1v) is 8.21. The molecule has 0 spiro atoms. The Morgan fingerprint density at radius 3 is 2.72 bits per heavy atom. The first-order chi connectivity index (χ1) is 12.0. The number of benzene rings is 2. The minimum Gasteiger partial charge on any atom is -0.478 e. The van der Waals surface area contributed by atoms with Crippen LogP contribution in [0.25, 0.3) is 22.6 Å². The molecule has 0 fully saturated rings. The van der Waals surface area contributed by atoms with Crippen molar-refractivity contribution in [3.8, 4) is 0 Å². The lowest BCUT2D eigenvalue weighted by molar-refractivity contribution is 0.0697. The van der Waals surface area contributed by atoms with Crippen LogP contribution in [-0.4, -0.2) is 11.1 Å². The van der Waals surface area contributed by atoms with Crippen LogP contribution in [0.2, 0.25) is 5.02 Å². The predicted molar refractivity (Wildman–Crippen MR) is 97.1 cm³/mol. The van der Waals surface area contributed by atoms with E-state index >= 15 is 0 Å². The number of carboxylic acid groups (broad SMARTS) is 1. The largest absolute Gasteiger partial charge is 0.478 e. The third-order valence-corrected chi connectivity index (χ3v) is 4.75. The molecule has 4 nitrogen and oxygen atoms in total. The lowest BCUT2D eigenvalue weighted by Gasteiger charge is -2.05. The van der Waals surface area contributed by atoms with Crippen molar-refractivity contribution in [2.75, 3.05) is 0 Å². The summed E-state index contributed by atoms with van der Waals surface area (Å²) in [4.78, 5) is 23.9. The molecule has 0 bridgehead atoms. The fourth-order valence-corrected chi connectivity index (χ4v) is 3.33. The number of aromatic carboxylic acids is 1. The summed E-state index contributed by atoms with van der Waals surface area (Å²) < 4.78 is 5.94. The monoisotopic (exact) mass is 352 g/mol. The number of rotatable bonds is 2. The van der Waals surface area contributed by atoms with Crippen LogP contribution in [0.5, 0.6) is 0 Å². The standard InChI is InChI=1S/C20H13ClO4/c21-16-4-2-1-3-11(16)9-12-5-7-14-18(22)15-10-13(20(23)24)6-8-17(15)25-19(12)14/h1-4,6,8-10H,5,7H2,(H,23,24)/b12-9+. The van der Waals surface area contributed by atoms with E-state index in [0.29, 0.717) is 40.2 Å². The minimum atomic E-state index is -1.07. The Labute approximate surface area is 148 Å². The molecular formula is C20H13ClO4. The highest BCUT2D eigenvalue weighted by molar-refractivity contribution is 6.32. The molecule has 0 radical (unpaired) electrons. The zero-order valence-corrected chi connectivity index (χ0v) is 13.8. The second kappa shape index (κ2) is 5.90. The highest BCUT2D eigenvalue weighted by atomic mass is 35.5. The Morgan fingerprint density at radius 2 is 1.96 bits per heavy atom. The summed E-state index contributed by atoms with van der Waals surface area (Å²) in [6, 6.07) is 11.8. The summed E-state index contributed by atoms with van der Waals surface area (Å²) in [7, 11) is 0. The normalized spacial score (nSPS) is 14.8. The number of halogens is 1. The molecule has 0 amide bonds. The van der Waals surface area contributed by atoms with Crippen molar-refractivity contribution in [2.45, 2.75) is 12.8 Å². The van der Waals surface area contributed by atoms with Crippen LogP contribution in [0.15, 0.2) is 51.7 Å². The highest BCUT2D eigenvalue weighted by Gasteiger charge is 2.24. The van der Waals surface area contributed by atoms with Gasteiger partial charge in [0.25, 0.3) is 0 Å². The molecule has 0 saturated heterocycles. The molecule has 1 N–H and O–H groups in total. The van der Waals surface area contributed by atoms with E-state index in [1.807, 2.05) is 30.3 Å². The Kier molecular flexibility index (Phi) is 3.70. The first kappa shape index (κ1) is 15.7. The van der Waals surface area contributed by atoms with Gasteiger partial charge in [-0.15, -0.1) is 0 Å². The van der Waals surface area contributed by atoms with E-state index in [2.05, 4.69) is 0 Å². The molecule has 1 heterocycles. The van der Waals surface area contributed by atoms with Gasteiger partial charge in [0.05, 0.1) is 10.9 Å². The molecule has 3 aromatic rings. The van der Waals surface area contributed by atoms with Gasteiger partial charge in [0.15, 0.2) is 5.43 Å². The molecule has 25 heavy (non-hydrogen) atoms. The van der Waals surface area contributed by atoms with Crippen LogP contribution in [0, 0.1) is 0 Å². The summed E-state index contributed by atoms with van der Waals surface area (Å²) in [6.07, 6.45) is 3.19. The van der Waals surface area contributed by atoms with Gasteiger partial charge in [-0.1, -0.05) is 29.8 Å². The van der Waals surface area contributed by atoms with Crippen LogP contribution in [-0.2, 0) is 6.42 Å². The molecule has 0 saturated carbocycles. The van der Waals surface area contributed by atoms with Crippen molar-refractivity contribution < 1.29 is 14.3 Å².